The lowest BCUT2D eigenvalue weighted by molar-refractivity contribution is 0.0880. The van der Waals surface area contributed by atoms with Crippen LogP contribution in [0.2, 0.25) is 0 Å². The van der Waals surface area contributed by atoms with E-state index in [4.69, 9.17) is 10.2 Å². The fourth-order valence-electron chi connectivity index (χ4n) is 3.67. The number of nitrogens with two attached hydrogens (primary N) is 1. The van der Waals surface area contributed by atoms with E-state index in [1.165, 1.54) is 4.57 Å². The summed E-state index contributed by atoms with van der Waals surface area (Å²) in [6, 6.07) is 12.2. The number of pyridine rings is 1. The van der Waals surface area contributed by atoms with Crippen LogP contribution in [-0.2, 0) is 0 Å². The minimum atomic E-state index is -0.627. The standard InChI is InChI=1S/C22H16N4O4/c1-10-3-6-16-14(7-10)24-22(30-16)12-5-4-11(2)15(8-12)26-17(27)9-13-18(19(26)23)21(29)25-20(13)28/h3-9H,23H2,1-2H3,(H,25,28,29). The number of hydrogen-bond donors (Lipinski definition) is 2. The minimum Gasteiger partial charge on any atom is -0.436 e. The second kappa shape index (κ2) is 6.15. The fraction of sp³-hybridized carbons (Fsp3) is 0.0909. The highest BCUT2D eigenvalue weighted by Crippen LogP contribution is 2.29. The van der Waals surface area contributed by atoms with Crippen molar-refractivity contribution < 1.29 is 14.0 Å². The summed E-state index contributed by atoms with van der Waals surface area (Å²) >= 11 is 0. The molecule has 4 aromatic rings. The van der Waals surface area contributed by atoms with E-state index in [0.717, 1.165) is 22.7 Å². The van der Waals surface area contributed by atoms with Crippen molar-refractivity contribution in [3.05, 3.63) is 75.1 Å². The molecule has 0 radical (unpaired) electrons. The van der Waals surface area contributed by atoms with Crippen LogP contribution in [0.3, 0.4) is 0 Å². The molecule has 0 saturated carbocycles. The van der Waals surface area contributed by atoms with Gasteiger partial charge >= 0.3 is 0 Å². The van der Waals surface area contributed by atoms with Crippen molar-refractivity contribution in [2.24, 2.45) is 0 Å². The highest BCUT2D eigenvalue weighted by molar-refractivity contribution is 6.23. The average Bonchev–Trinajstić information content (AvgIpc) is 3.23. The van der Waals surface area contributed by atoms with Crippen molar-refractivity contribution in [2.75, 3.05) is 5.73 Å². The number of aryl methyl sites for hydroxylation is 2. The molecule has 1 aliphatic heterocycles. The van der Waals surface area contributed by atoms with Gasteiger partial charge in [-0.15, -0.1) is 0 Å². The van der Waals surface area contributed by atoms with Gasteiger partial charge < -0.3 is 10.2 Å². The second-order valence-electron chi connectivity index (χ2n) is 7.27. The zero-order valence-corrected chi connectivity index (χ0v) is 16.1. The van der Waals surface area contributed by atoms with Gasteiger partial charge in [-0.25, -0.2) is 4.98 Å². The number of nitrogen functional groups attached to an aromatic ring is 1. The molecule has 8 heteroatoms. The quantitative estimate of drug-likeness (QED) is 0.499. The zero-order valence-electron chi connectivity index (χ0n) is 16.1. The fourth-order valence-corrected chi connectivity index (χ4v) is 3.67. The molecule has 5 rings (SSSR count). The normalized spacial score (nSPS) is 13.0. The summed E-state index contributed by atoms with van der Waals surface area (Å²) in [5, 5.41) is 2.17. The third-order valence-electron chi connectivity index (χ3n) is 5.19. The Balaban J connectivity index is 1.71. The molecule has 148 valence electrons. The molecular formula is C22H16N4O4. The molecule has 0 unspecified atom stereocenters. The molecule has 8 nitrogen and oxygen atoms in total. The molecule has 3 N–H and O–H groups in total. The topological polar surface area (TPSA) is 120 Å². The number of carbonyl (C=O) groups is 2. The van der Waals surface area contributed by atoms with E-state index < -0.39 is 17.4 Å². The summed E-state index contributed by atoms with van der Waals surface area (Å²) in [5.74, 6) is -0.936. The molecule has 3 heterocycles. The van der Waals surface area contributed by atoms with Crippen LogP contribution in [0.25, 0.3) is 28.2 Å². The lowest BCUT2D eigenvalue weighted by atomic mass is 10.1. The van der Waals surface area contributed by atoms with Gasteiger partial charge in [0, 0.05) is 11.6 Å². The molecule has 0 bridgehead atoms. The van der Waals surface area contributed by atoms with Crippen LogP contribution in [0, 0.1) is 13.8 Å². The van der Waals surface area contributed by atoms with E-state index in [0.29, 0.717) is 22.7 Å². The summed E-state index contributed by atoms with van der Waals surface area (Å²) in [6.07, 6.45) is 0. The van der Waals surface area contributed by atoms with E-state index in [-0.39, 0.29) is 16.9 Å². The van der Waals surface area contributed by atoms with Gasteiger partial charge in [-0.3, -0.25) is 24.3 Å². The summed E-state index contributed by atoms with van der Waals surface area (Å²) in [7, 11) is 0. The van der Waals surface area contributed by atoms with Gasteiger partial charge in [-0.2, -0.15) is 0 Å². The molecule has 0 aliphatic carbocycles. The first kappa shape index (κ1) is 17.9. The van der Waals surface area contributed by atoms with Crippen LogP contribution in [0.15, 0.2) is 51.7 Å². The number of aromatic nitrogens is 2. The maximum atomic E-state index is 12.8. The van der Waals surface area contributed by atoms with E-state index in [1.54, 1.807) is 6.07 Å². The van der Waals surface area contributed by atoms with Crippen LogP contribution in [0.5, 0.6) is 0 Å². The molecular weight excluding hydrogens is 384 g/mol. The van der Waals surface area contributed by atoms with Crippen LogP contribution in [0.1, 0.15) is 31.8 Å². The molecule has 0 saturated heterocycles. The first-order valence-electron chi connectivity index (χ1n) is 9.23. The van der Waals surface area contributed by atoms with E-state index in [1.807, 2.05) is 44.2 Å². The SMILES string of the molecule is Cc1ccc2oc(-c3ccc(C)c(-n4c(N)c5c(cc4=O)C(=O)NC5=O)c3)nc2c1. The Bertz CT molecular complexity index is 1460. The third-order valence-corrected chi connectivity index (χ3v) is 5.19. The molecule has 0 spiro atoms. The minimum absolute atomic E-state index is 0.00161. The van der Waals surface area contributed by atoms with Crippen LogP contribution < -0.4 is 16.6 Å². The zero-order chi connectivity index (χ0) is 21.2. The Labute approximate surface area is 169 Å². The van der Waals surface area contributed by atoms with Crippen molar-refractivity contribution in [3.8, 4) is 17.1 Å². The van der Waals surface area contributed by atoms with Gasteiger partial charge in [0.1, 0.15) is 11.3 Å². The van der Waals surface area contributed by atoms with Crippen molar-refractivity contribution in [3.63, 3.8) is 0 Å². The summed E-state index contributed by atoms with van der Waals surface area (Å²) < 4.78 is 7.09. The van der Waals surface area contributed by atoms with Crippen LogP contribution in [0.4, 0.5) is 5.82 Å². The molecule has 1 aliphatic rings. The number of carbonyl (C=O) groups excluding carboxylic acids is 2. The number of benzene rings is 2. The lowest BCUT2D eigenvalue weighted by Crippen LogP contribution is -2.24. The van der Waals surface area contributed by atoms with Gasteiger partial charge in [0.05, 0.1) is 16.8 Å². The number of nitrogens with zero attached hydrogens (tertiary/aromatic N) is 2. The number of fused-ring (bicyclic) bond motifs is 2. The first-order valence-corrected chi connectivity index (χ1v) is 9.23. The average molecular weight is 400 g/mol. The number of nitrogens with one attached hydrogen (secondary N) is 1. The first-order chi connectivity index (χ1) is 14.3. The highest BCUT2D eigenvalue weighted by atomic mass is 16.3. The smallest absolute Gasteiger partial charge is 0.262 e. The summed E-state index contributed by atoms with van der Waals surface area (Å²) in [4.78, 5) is 41.3. The van der Waals surface area contributed by atoms with Gasteiger partial charge in [0.15, 0.2) is 5.58 Å². The number of amides is 2. The van der Waals surface area contributed by atoms with Gasteiger partial charge in [-0.05, 0) is 49.2 Å². The molecule has 2 aromatic heterocycles. The van der Waals surface area contributed by atoms with Crippen molar-refractivity contribution in [1.82, 2.24) is 14.9 Å². The Morgan fingerprint density at radius 1 is 1.00 bits per heavy atom. The summed E-state index contributed by atoms with van der Waals surface area (Å²) in [5.41, 5.74) is 9.98. The number of hydrogen-bond acceptors (Lipinski definition) is 6. The maximum absolute atomic E-state index is 12.8. The molecule has 0 atom stereocenters. The van der Waals surface area contributed by atoms with Crippen LogP contribution >= 0.6 is 0 Å². The van der Waals surface area contributed by atoms with Gasteiger partial charge in [-0.1, -0.05) is 12.1 Å². The summed E-state index contributed by atoms with van der Waals surface area (Å²) in [6.45, 7) is 3.79. The largest absolute Gasteiger partial charge is 0.436 e. The molecule has 2 amide bonds. The van der Waals surface area contributed by atoms with Crippen LogP contribution in [-0.4, -0.2) is 21.4 Å². The Morgan fingerprint density at radius 3 is 2.60 bits per heavy atom. The number of rotatable bonds is 2. The lowest BCUT2D eigenvalue weighted by Gasteiger charge is -2.15. The monoisotopic (exact) mass is 400 g/mol. The Morgan fingerprint density at radius 2 is 1.80 bits per heavy atom. The molecule has 0 fully saturated rings. The molecule has 2 aromatic carbocycles. The van der Waals surface area contributed by atoms with Crippen molar-refractivity contribution in [1.29, 1.82) is 0 Å². The second-order valence-corrected chi connectivity index (χ2v) is 7.27. The predicted octanol–water partition coefficient (Wildman–Crippen LogP) is 2.73. The Hall–Kier alpha value is -4.20. The van der Waals surface area contributed by atoms with Crippen molar-refractivity contribution in [2.45, 2.75) is 13.8 Å². The number of oxazole rings is 1. The Kier molecular flexibility index (Phi) is 3.66. The maximum Gasteiger partial charge on any atom is 0.262 e. The van der Waals surface area contributed by atoms with Gasteiger partial charge in [0.25, 0.3) is 17.4 Å². The number of imide groups is 1. The predicted molar refractivity (Wildman–Crippen MR) is 111 cm³/mol. The van der Waals surface area contributed by atoms with E-state index >= 15 is 0 Å². The van der Waals surface area contributed by atoms with E-state index in [2.05, 4.69) is 10.3 Å². The van der Waals surface area contributed by atoms with Crippen molar-refractivity contribution >= 4 is 28.7 Å². The number of anilines is 1. The highest BCUT2D eigenvalue weighted by Gasteiger charge is 2.32. The van der Waals surface area contributed by atoms with E-state index in [9.17, 15) is 14.4 Å². The van der Waals surface area contributed by atoms with Gasteiger partial charge in [0.2, 0.25) is 5.89 Å². The third kappa shape index (κ3) is 2.54. The molecule has 30 heavy (non-hydrogen) atoms.